The molecular formula is C13H25NO3. The molecule has 0 aromatic carbocycles. The molecule has 0 aromatic rings. The van der Waals surface area contributed by atoms with Crippen molar-refractivity contribution >= 4 is 5.97 Å². The fourth-order valence-electron chi connectivity index (χ4n) is 2.42. The molecule has 1 fully saturated rings. The highest BCUT2D eigenvalue weighted by molar-refractivity contribution is 5.75. The van der Waals surface area contributed by atoms with Crippen LogP contribution in [0.4, 0.5) is 0 Å². The van der Waals surface area contributed by atoms with Gasteiger partial charge in [-0.25, -0.2) is 0 Å². The topological polar surface area (TPSA) is 47.6 Å². The third-order valence-corrected chi connectivity index (χ3v) is 3.50. The fraction of sp³-hybridized carbons (Fsp3) is 0.923. The Kier molecular flexibility index (Phi) is 5.92. The molecule has 1 N–H and O–H groups in total. The second-order valence-corrected chi connectivity index (χ2v) is 5.13. The molecule has 1 aliphatic carbocycles. The maximum atomic E-state index is 11.7. The van der Waals surface area contributed by atoms with Crippen LogP contribution >= 0.6 is 0 Å². The van der Waals surface area contributed by atoms with Gasteiger partial charge in [0, 0.05) is 13.2 Å². The summed E-state index contributed by atoms with van der Waals surface area (Å²) >= 11 is 0. The first-order valence-corrected chi connectivity index (χ1v) is 6.45. The SMILES string of the molecule is COC(=O)C(NC1CCCC(OC)C1)C(C)C. The number of esters is 1. The molecule has 0 bridgehead atoms. The zero-order valence-electron chi connectivity index (χ0n) is 11.4. The Hall–Kier alpha value is -0.610. The van der Waals surface area contributed by atoms with Crippen molar-refractivity contribution in [1.82, 2.24) is 5.32 Å². The molecule has 4 heteroatoms. The summed E-state index contributed by atoms with van der Waals surface area (Å²) in [5.74, 6) is 0.0740. The van der Waals surface area contributed by atoms with Crippen LogP contribution in [0.1, 0.15) is 39.5 Å². The van der Waals surface area contributed by atoms with Crippen LogP contribution in [0.25, 0.3) is 0 Å². The van der Waals surface area contributed by atoms with Crippen LogP contribution in [0, 0.1) is 5.92 Å². The lowest BCUT2D eigenvalue weighted by molar-refractivity contribution is -0.144. The standard InChI is InChI=1S/C13H25NO3/c1-9(2)12(13(15)17-4)14-10-6-5-7-11(8-10)16-3/h9-12,14H,5-8H2,1-4H3. The summed E-state index contributed by atoms with van der Waals surface area (Å²) in [7, 11) is 3.20. The quantitative estimate of drug-likeness (QED) is 0.747. The second kappa shape index (κ2) is 6.97. The van der Waals surface area contributed by atoms with E-state index in [1.807, 2.05) is 13.8 Å². The molecule has 1 rings (SSSR count). The van der Waals surface area contributed by atoms with E-state index in [1.54, 1.807) is 7.11 Å². The predicted octanol–water partition coefficient (Wildman–Crippen LogP) is 1.73. The first-order chi connectivity index (χ1) is 8.08. The maximum Gasteiger partial charge on any atom is 0.323 e. The lowest BCUT2D eigenvalue weighted by Gasteiger charge is -2.32. The molecule has 0 aliphatic heterocycles. The van der Waals surface area contributed by atoms with Crippen LogP contribution in [0.15, 0.2) is 0 Å². The minimum atomic E-state index is -0.208. The lowest BCUT2D eigenvalue weighted by Crippen LogP contribution is -2.49. The van der Waals surface area contributed by atoms with Gasteiger partial charge >= 0.3 is 5.97 Å². The van der Waals surface area contributed by atoms with Crippen molar-refractivity contribution in [3.05, 3.63) is 0 Å². The van der Waals surface area contributed by atoms with Gasteiger partial charge in [0.1, 0.15) is 6.04 Å². The van der Waals surface area contributed by atoms with E-state index in [9.17, 15) is 4.79 Å². The Morgan fingerprint density at radius 1 is 1.29 bits per heavy atom. The molecule has 3 unspecified atom stereocenters. The second-order valence-electron chi connectivity index (χ2n) is 5.13. The van der Waals surface area contributed by atoms with E-state index in [4.69, 9.17) is 9.47 Å². The molecule has 0 radical (unpaired) electrons. The van der Waals surface area contributed by atoms with E-state index in [2.05, 4.69) is 5.32 Å². The Balaban J connectivity index is 2.51. The van der Waals surface area contributed by atoms with Crippen LogP contribution in [0.5, 0.6) is 0 Å². The van der Waals surface area contributed by atoms with E-state index < -0.39 is 0 Å². The van der Waals surface area contributed by atoms with Gasteiger partial charge in [0.2, 0.25) is 0 Å². The van der Waals surface area contributed by atoms with Crippen molar-refractivity contribution in [1.29, 1.82) is 0 Å². The Bertz CT molecular complexity index is 243. The molecule has 0 spiro atoms. The van der Waals surface area contributed by atoms with Crippen molar-refractivity contribution in [3.8, 4) is 0 Å². The molecule has 4 nitrogen and oxygen atoms in total. The van der Waals surface area contributed by atoms with E-state index >= 15 is 0 Å². The molecule has 3 atom stereocenters. The van der Waals surface area contributed by atoms with Gasteiger partial charge in [-0.15, -0.1) is 0 Å². The first-order valence-electron chi connectivity index (χ1n) is 6.45. The van der Waals surface area contributed by atoms with E-state index in [0.717, 1.165) is 25.7 Å². The van der Waals surface area contributed by atoms with E-state index in [1.165, 1.54) is 7.11 Å². The number of ether oxygens (including phenoxy) is 2. The van der Waals surface area contributed by atoms with Crippen molar-refractivity contribution in [2.45, 2.75) is 57.7 Å². The zero-order valence-corrected chi connectivity index (χ0v) is 11.4. The summed E-state index contributed by atoms with van der Waals surface area (Å²) < 4.78 is 10.2. The largest absolute Gasteiger partial charge is 0.468 e. The van der Waals surface area contributed by atoms with Gasteiger partial charge in [0.05, 0.1) is 13.2 Å². The summed E-state index contributed by atoms with van der Waals surface area (Å²) in [5, 5.41) is 3.42. The third kappa shape index (κ3) is 4.28. The van der Waals surface area contributed by atoms with Gasteiger partial charge in [-0.2, -0.15) is 0 Å². The summed E-state index contributed by atoms with van der Waals surface area (Å²) in [6.45, 7) is 4.07. The third-order valence-electron chi connectivity index (χ3n) is 3.50. The summed E-state index contributed by atoms with van der Waals surface area (Å²) in [4.78, 5) is 11.7. The highest BCUT2D eigenvalue weighted by atomic mass is 16.5. The number of methoxy groups -OCH3 is 2. The molecule has 17 heavy (non-hydrogen) atoms. The number of hydrogen-bond donors (Lipinski definition) is 1. The Morgan fingerprint density at radius 2 is 2.00 bits per heavy atom. The average molecular weight is 243 g/mol. The molecule has 0 saturated heterocycles. The van der Waals surface area contributed by atoms with E-state index in [0.29, 0.717) is 12.1 Å². The molecule has 1 aliphatic rings. The number of carbonyl (C=O) groups excluding carboxylic acids is 1. The van der Waals surface area contributed by atoms with Crippen molar-refractivity contribution in [2.75, 3.05) is 14.2 Å². The fourth-order valence-corrected chi connectivity index (χ4v) is 2.42. The van der Waals surface area contributed by atoms with Crippen LogP contribution in [-0.4, -0.2) is 38.4 Å². The predicted molar refractivity (Wildman–Crippen MR) is 66.8 cm³/mol. The first kappa shape index (κ1) is 14.5. The molecule has 1 saturated carbocycles. The van der Waals surface area contributed by atoms with Gasteiger partial charge in [0.15, 0.2) is 0 Å². The van der Waals surface area contributed by atoms with Gasteiger partial charge in [0.25, 0.3) is 0 Å². The number of hydrogen-bond acceptors (Lipinski definition) is 4. The van der Waals surface area contributed by atoms with Crippen molar-refractivity contribution in [2.24, 2.45) is 5.92 Å². The van der Waals surface area contributed by atoms with Gasteiger partial charge < -0.3 is 14.8 Å². The van der Waals surface area contributed by atoms with Gasteiger partial charge in [-0.1, -0.05) is 13.8 Å². The molecule has 100 valence electrons. The normalized spacial score (nSPS) is 26.9. The monoisotopic (exact) mass is 243 g/mol. The summed E-state index contributed by atoms with van der Waals surface area (Å²) in [6, 6.07) is 0.154. The Labute approximate surface area is 104 Å². The molecule has 0 aromatic heterocycles. The van der Waals surface area contributed by atoms with Gasteiger partial charge in [-0.05, 0) is 31.6 Å². The van der Waals surface area contributed by atoms with E-state index in [-0.39, 0.29) is 17.9 Å². The summed E-state index contributed by atoms with van der Waals surface area (Å²) in [6.07, 6.45) is 4.70. The van der Waals surface area contributed by atoms with Crippen molar-refractivity contribution in [3.63, 3.8) is 0 Å². The molecular weight excluding hydrogens is 218 g/mol. The Morgan fingerprint density at radius 3 is 2.53 bits per heavy atom. The van der Waals surface area contributed by atoms with Crippen LogP contribution in [0.3, 0.4) is 0 Å². The lowest BCUT2D eigenvalue weighted by atomic mass is 9.91. The highest BCUT2D eigenvalue weighted by Crippen LogP contribution is 2.22. The average Bonchev–Trinajstić information content (AvgIpc) is 2.35. The van der Waals surface area contributed by atoms with Crippen LogP contribution < -0.4 is 5.32 Å². The maximum absolute atomic E-state index is 11.7. The number of nitrogens with one attached hydrogen (secondary N) is 1. The number of rotatable bonds is 5. The molecule has 0 heterocycles. The van der Waals surface area contributed by atoms with Crippen LogP contribution in [-0.2, 0) is 14.3 Å². The molecule has 0 amide bonds. The van der Waals surface area contributed by atoms with Crippen molar-refractivity contribution < 1.29 is 14.3 Å². The zero-order chi connectivity index (χ0) is 12.8. The van der Waals surface area contributed by atoms with Crippen LogP contribution in [0.2, 0.25) is 0 Å². The van der Waals surface area contributed by atoms with Gasteiger partial charge in [-0.3, -0.25) is 4.79 Å². The smallest absolute Gasteiger partial charge is 0.323 e. The highest BCUT2D eigenvalue weighted by Gasteiger charge is 2.29. The number of carbonyl (C=O) groups is 1. The minimum Gasteiger partial charge on any atom is -0.468 e. The minimum absolute atomic E-state index is 0.167. The summed E-state index contributed by atoms with van der Waals surface area (Å²) in [5.41, 5.74) is 0.